The number of hydrogen-bond acceptors (Lipinski definition) is 3. The van der Waals surface area contributed by atoms with E-state index in [4.69, 9.17) is 9.15 Å². The number of guanidine groups is 1. The number of fused-ring (bicyclic) bond motifs is 1. The van der Waals surface area contributed by atoms with Crippen LogP contribution >= 0.6 is 24.0 Å². The van der Waals surface area contributed by atoms with Crippen molar-refractivity contribution in [1.82, 2.24) is 10.6 Å². The van der Waals surface area contributed by atoms with Crippen LogP contribution in [-0.2, 0) is 6.54 Å². The number of benzene rings is 1. The lowest BCUT2D eigenvalue weighted by molar-refractivity contribution is 0.0694. The standard InChI is InChI=1S/C19H25N3O2.HI/c1-4-20-18(21-13-14-8-7-11-23-14)22-16-12-19(2,3)24-17-10-6-5-9-15(16)17;/h5-11,16H,4,12-13H2,1-3H3,(H2,20,21,22);1H. The third-order valence-electron chi connectivity index (χ3n) is 4.00. The Hall–Kier alpha value is -1.70. The molecule has 1 aliphatic heterocycles. The van der Waals surface area contributed by atoms with E-state index >= 15 is 0 Å². The molecule has 0 aliphatic carbocycles. The van der Waals surface area contributed by atoms with Crippen LogP contribution in [0.5, 0.6) is 5.75 Å². The van der Waals surface area contributed by atoms with Crippen LogP contribution in [0.25, 0.3) is 0 Å². The van der Waals surface area contributed by atoms with E-state index < -0.39 is 0 Å². The number of rotatable bonds is 4. The number of hydrogen-bond donors (Lipinski definition) is 2. The molecular formula is C19H26IN3O2. The molecule has 0 bridgehead atoms. The Bertz CT molecular complexity index is 698. The molecule has 5 nitrogen and oxygen atoms in total. The van der Waals surface area contributed by atoms with Gasteiger partial charge in [0.05, 0.1) is 12.3 Å². The summed E-state index contributed by atoms with van der Waals surface area (Å²) in [6, 6.07) is 12.1. The minimum Gasteiger partial charge on any atom is -0.487 e. The first-order chi connectivity index (χ1) is 11.6. The molecule has 1 atom stereocenters. The third kappa shape index (κ3) is 5.14. The predicted molar refractivity (Wildman–Crippen MR) is 111 cm³/mol. The molecule has 1 unspecified atom stereocenters. The molecule has 0 amide bonds. The molecule has 25 heavy (non-hydrogen) atoms. The van der Waals surface area contributed by atoms with Gasteiger partial charge in [-0.05, 0) is 39.0 Å². The second kappa shape index (κ2) is 8.60. The van der Waals surface area contributed by atoms with Crippen LogP contribution in [-0.4, -0.2) is 18.1 Å². The maximum absolute atomic E-state index is 6.09. The van der Waals surface area contributed by atoms with Gasteiger partial charge >= 0.3 is 0 Å². The molecular weight excluding hydrogens is 429 g/mol. The first-order valence-electron chi connectivity index (χ1n) is 8.42. The van der Waals surface area contributed by atoms with Crippen molar-refractivity contribution in [2.75, 3.05) is 6.54 Å². The fourth-order valence-electron chi connectivity index (χ4n) is 2.98. The van der Waals surface area contributed by atoms with Crippen molar-refractivity contribution < 1.29 is 9.15 Å². The first kappa shape index (κ1) is 19.6. The van der Waals surface area contributed by atoms with Gasteiger partial charge in [0, 0.05) is 18.5 Å². The maximum atomic E-state index is 6.09. The second-order valence-electron chi connectivity index (χ2n) is 6.58. The largest absolute Gasteiger partial charge is 0.487 e. The van der Waals surface area contributed by atoms with Crippen molar-refractivity contribution in [3.8, 4) is 5.75 Å². The van der Waals surface area contributed by atoms with Gasteiger partial charge in [0.1, 0.15) is 23.7 Å². The summed E-state index contributed by atoms with van der Waals surface area (Å²) in [5.41, 5.74) is 0.949. The van der Waals surface area contributed by atoms with E-state index in [0.717, 1.165) is 30.4 Å². The summed E-state index contributed by atoms with van der Waals surface area (Å²) >= 11 is 0. The Morgan fingerprint density at radius 2 is 2.04 bits per heavy atom. The van der Waals surface area contributed by atoms with E-state index in [9.17, 15) is 0 Å². The van der Waals surface area contributed by atoms with Crippen molar-refractivity contribution in [2.45, 2.75) is 45.4 Å². The van der Waals surface area contributed by atoms with Crippen molar-refractivity contribution in [1.29, 1.82) is 0 Å². The van der Waals surface area contributed by atoms with Crippen LogP contribution in [0.1, 0.15) is 44.6 Å². The van der Waals surface area contributed by atoms with Crippen LogP contribution < -0.4 is 15.4 Å². The van der Waals surface area contributed by atoms with E-state index in [-0.39, 0.29) is 35.6 Å². The highest BCUT2D eigenvalue weighted by atomic mass is 127. The smallest absolute Gasteiger partial charge is 0.192 e. The third-order valence-corrected chi connectivity index (χ3v) is 4.00. The molecule has 1 aromatic carbocycles. The summed E-state index contributed by atoms with van der Waals surface area (Å²) in [4.78, 5) is 4.63. The molecule has 6 heteroatoms. The lowest BCUT2D eigenvalue weighted by Gasteiger charge is -2.38. The normalized spacial score (nSPS) is 18.5. The zero-order chi connectivity index (χ0) is 17.0. The molecule has 136 valence electrons. The van der Waals surface area contributed by atoms with Gasteiger partial charge in [-0.3, -0.25) is 0 Å². The Kier molecular flexibility index (Phi) is 6.75. The molecule has 3 rings (SSSR count). The number of nitrogens with zero attached hydrogens (tertiary/aromatic N) is 1. The second-order valence-corrected chi connectivity index (χ2v) is 6.58. The minimum absolute atomic E-state index is 0. The molecule has 0 saturated carbocycles. The highest BCUT2D eigenvalue weighted by Gasteiger charge is 2.33. The average Bonchev–Trinajstić information content (AvgIpc) is 3.05. The molecule has 2 N–H and O–H groups in total. The molecule has 0 saturated heterocycles. The van der Waals surface area contributed by atoms with Crippen molar-refractivity contribution in [3.63, 3.8) is 0 Å². The van der Waals surface area contributed by atoms with Gasteiger partial charge in [-0.15, -0.1) is 24.0 Å². The number of para-hydroxylation sites is 1. The zero-order valence-electron chi connectivity index (χ0n) is 14.9. The molecule has 2 heterocycles. The van der Waals surface area contributed by atoms with Crippen LogP contribution in [0.4, 0.5) is 0 Å². The van der Waals surface area contributed by atoms with Gasteiger partial charge in [0.25, 0.3) is 0 Å². The minimum atomic E-state index is -0.218. The van der Waals surface area contributed by atoms with Crippen LogP contribution in [0.3, 0.4) is 0 Å². The Morgan fingerprint density at radius 1 is 1.24 bits per heavy atom. The quantitative estimate of drug-likeness (QED) is 0.411. The van der Waals surface area contributed by atoms with Gasteiger partial charge in [-0.2, -0.15) is 0 Å². The Balaban J connectivity index is 0.00000225. The number of aliphatic imine (C=N–C) groups is 1. The van der Waals surface area contributed by atoms with Crippen molar-refractivity contribution in [2.24, 2.45) is 4.99 Å². The zero-order valence-corrected chi connectivity index (χ0v) is 17.2. The predicted octanol–water partition coefficient (Wildman–Crippen LogP) is 4.26. The van der Waals surface area contributed by atoms with Gasteiger partial charge in [0.15, 0.2) is 5.96 Å². The van der Waals surface area contributed by atoms with E-state index in [1.54, 1.807) is 6.26 Å². The van der Waals surface area contributed by atoms with Gasteiger partial charge in [-0.25, -0.2) is 4.99 Å². The molecule has 1 aromatic heterocycles. The highest BCUT2D eigenvalue weighted by Crippen LogP contribution is 2.39. The molecule has 0 spiro atoms. The van der Waals surface area contributed by atoms with E-state index in [0.29, 0.717) is 6.54 Å². The summed E-state index contributed by atoms with van der Waals surface area (Å²) in [5.74, 6) is 2.57. The monoisotopic (exact) mass is 455 g/mol. The summed E-state index contributed by atoms with van der Waals surface area (Å²) in [5, 5.41) is 6.86. The Labute approximate surface area is 166 Å². The summed E-state index contributed by atoms with van der Waals surface area (Å²) in [7, 11) is 0. The van der Waals surface area contributed by atoms with Crippen molar-refractivity contribution in [3.05, 3.63) is 54.0 Å². The number of nitrogens with one attached hydrogen (secondary N) is 2. The van der Waals surface area contributed by atoms with Crippen LogP contribution in [0, 0.1) is 0 Å². The maximum Gasteiger partial charge on any atom is 0.192 e. The Morgan fingerprint density at radius 3 is 2.76 bits per heavy atom. The highest BCUT2D eigenvalue weighted by molar-refractivity contribution is 14.0. The molecule has 0 radical (unpaired) electrons. The SMILES string of the molecule is CCNC(=NCc1ccco1)NC1CC(C)(C)Oc2ccccc21.I. The molecule has 0 fully saturated rings. The molecule has 1 aliphatic rings. The van der Waals surface area contributed by atoms with E-state index in [2.05, 4.69) is 42.5 Å². The van der Waals surface area contributed by atoms with Crippen LogP contribution in [0.2, 0.25) is 0 Å². The summed E-state index contributed by atoms with van der Waals surface area (Å²) < 4.78 is 11.5. The number of ether oxygens (including phenoxy) is 1. The van der Waals surface area contributed by atoms with E-state index in [1.807, 2.05) is 30.3 Å². The van der Waals surface area contributed by atoms with Crippen molar-refractivity contribution >= 4 is 29.9 Å². The number of furan rings is 1. The van der Waals surface area contributed by atoms with E-state index in [1.165, 1.54) is 5.56 Å². The average molecular weight is 455 g/mol. The lowest BCUT2D eigenvalue weighted by atomic mass is 9.90. The molecule has 2 aromatic rings. The van der Waals surface area contributed by atoms with Gasteiger partial charge in [0.2, 0.25) is 0 Å². The summed E-state index contributed by atoms with van der Waals surface area (Å²) in [6.45, 7) is 7.61. The topological polar surface area (TPSA) is 58.8 Å². The van der Waals surface area contributed by atoms with Crippen LogP contribution in [0.15, 0.2) is 52.1 Å². The van der Waals surface area contributed by atoms with Gasteiger partial charge < -0.3 is 19.8 Å². The summed E-state index contributed by atoms with van der Waals surface area (Å²) in [6.07, 6.45) is 2.54. The number of halogens is 1. The first-order valence-corrected chi connectivity index (χ1v) is 8.42. The lowest BCUT2D eigenvalue weighted by Crippen LogP contribution is -2.45. The fraction of sp³-hybridized carbons (Fsp3) is 0.421. The fourth-order valence-corrected chi connectivity index (χ4v) is 2.98. The van der Waals surface area contributed by atoms with Gasteiger partial charge in [-0.1, -0.05) is 18.2 Å².